The number of carboxylic acids is 1. The van der Waals surface area contributed by atoms with Crippen molar-refractivity contribution in [3.05, 3.63) is 66.0 Å². The summed E-state index contributed by atoms with van der Waals surface area (Å²) in [5, 5.41) is 7.12. The highest BCUT2D eigenvalue weighted by molar-refractivity contribution is 5.96. The summed E-state index contributed by atoms with van der Waals surface area (Å²) in [7, 11) is 1.94. The molecule has 1 atom stereocenters. The van der Waals surface area contributed by atoms with Gasteiger partial charge < -0.3 is 14.9 Å². The van der Waals surface area contributed by atoms with E-state index in [4.69, 9.17) is 9.90 Å². The van der Waals surface area contributed by atoms with E-state index in [1.165, 1.54) is 12.1 Å². The van der Waals surface area contributed by atoms with Crippen LogP contribution in [0.25, 0.3) is 0 Å². The van der Waals surface area contributed by atoms with Gasteiger partial charge in [0.25, 0.3) is 0 Å². The molecule has 2 aliphatic heterocycles. The van der Waals surface area contributed by atoms with E-state index in [0.29, 0.717) is 31.7 Å². The Balaban J connectivity index is 0.000000429. The summed E-state index contributed by atoms with van der Waals surface area (Å²) in [5.41, 5.74) is 1.28. The van der Waals surface area contributed by atoms with Crippen molar-refractivity contribution in [2.75, 3.05) is 38.1 Å². The molecule has 1 unspecified atom stereocenters. The summed E-state index contributed by atoms with van der Waals surface area (Å²) in [6.45, 7) is 1.97. The maximum absolute atomic E-state index is 13.7. The van der Waals surface area contributed by atoms with E-state index in [9.17, 15) is 27.2 Å². The van der Waals surface area contributed by atoms with Crippen LogP contribution in [0.15, 0.2) is 54.6 Å². The van der Waals surface area contributed by atoms with Gasteiger partial charge in [-0.15, -0.1) is 0 Å². The number of hydrogen-bond acceptors (Lipinski definition) is 4. The third-order valence-electron chi connectivity index (χ3n) is 6.18. The average molecular weight is 495 g/mol. The Labute approximate surface area is 199 Å². The predicted molar refractivity (Wildman–Crippen MR) is 119 cm³/mol. The molecular formula is C24H25F4N3O4. The minimum Gasteiger partial charge on any atom is -0.475 e. The fraction of sp³-hybridized carbons (Fsp3) is 0.375. The third kappa shape index (κ3) is 6.36. The Morgan fingerprint density at radius 3 is 2.31 bits per heavy atom. The number of amides is 2. The summed E-state index contributed by atoms with van der Waals surface area (Å²) in [4.78, 5) is 39.9. The van der Waals surface area contributed by atoms with Crippen LogP contribution in [0.5, 0.6) is 0 Å². The zero-order valence-corrected chi connectivity index (χ0v) is 19.0. The molecule has 1 N–H and O–H groups in total. The standard InChI is InChI=1S/C22H24FN3O2.C2HF3O2/c1-24-14-21(28)26(19-9-5-8-18(23)13-19)16-22(24)10-11-25(15-22)20(27)12-17-6-3-2-4-7-17;3-2(4,5)1(6)7/h2-9,13H,10-12,14-16H2,1H3;(H,6,7). The summed E-state index contributed by atoms with van der Waals surface area (Å²) < 4.78 is 45.4. The van der Waals surface area contributed by atoms with E-state index in [-0.39, 0.29) is 29.7 Å². The number of anilines is 1. The molecule has 0 radical (unpaired) electrons. The number of carbonyl (C=O) groups is 3. The lowest BCUT2D eigenvalue weighted by atomic mass is 9.92. The third-order valence-corrected chi connectivity index (χ3v) is 6.18. The number of piperazine rings is 1. The number of benzene rings is 2. The van der Waals surface area contributed by atoms with E-state index < -0.39 is 12.1 Å². The molecule has 1 spiro atoms. The van der Waals surface area contributed by atoms with Crippen molar-refractivity contribution in [1.29, 1.82) is 0 Å². The molecule has 0 aliphatic carbocycles. The number of aliphatic carboxylic acids is 1. The van der Waals surface area contributed by atoms with Crippen LogP contribution in [0.3, 0.4) is 0 Å². The molecule has 35 heavy (non-hydrogen) atoms. The number of carbonyl (C=O) groups excluding carboxylic acids is 2. The topological polar surface area (TPSA) is 81.2 Å². The van der Waals surface area contributed by atoms with Gasteiger partial charge in [-0.05, 0) is 37.2 Å². The van der Waals surface area contributed by atoms with Crippen LogP contribution in [0.2, 0.25) is 0 Å². The van der Waals surface area contributed by atoms with Crippen molar-refractivity contribution < 1.29 is 37.1 Å². The van der Waals surface area contributed by atoms with Gasteiger partial charge in [0.05, 0.1) is 18.5 Å². The highest BCUT2D eigenvalue weighted by Gasteiger charge is 2.48. The van der Waals surface area contributed by atoms with Gasteiger partial charge in [-0.1, -0.05) is 36.4 Å². The van der Waals surface area contributed by atoms with E-state index in [0.717, 1.165) is 12.0 Å². The first kappa shape index (κ1) is 26.1. The molecule has 2 heterocycles. The molecule has 2 amide bonds. The van der Waals surface area contributed by atoms with Crippen molar-refractivity contribution >= 4 is 23.5 Å². The number of likely N-dealkylation sites (tertiary alicyclic amines) is 1. The summed E-state index contributed by atoms with van der Waals surface area (Å²) >= 11 is 0. The zero-order valence-electron chi connectivity index (χ0n) is 19.0. The Kier molecular flexibility index (Phi) is 7.79. The molecule has 188 valence electrons. The molecule has 7 nitrogen and oxygen atoms in total. The number of carboxylic acid groups (broad SMARTS) is 1. The molecule has 4 rings (SSSR count). The van der Waals surface area contributed by atoms with Gasteiger partial charge in [-0.25, -0.2) is 9.18 Å². The lowest BCUT2D eigenvalue weighted by molar-refractivity contribution is -0.192. The molecule has 2 aromatic carbocycles. The first-order valence-electron chi connectivity index (χ1n) is 10.8. The first-order valence-corrected chi connectivity index (χ1v) is 10.8. The molecule has 2 aromatic rings. The van der Waals surface area contributed by atoms with Gasteiger partial charge in [0.15, 0.2) is 0 Å². The molecule has 11 heteroatoms. The van der Waals surface area contributed by atoms with E-state index in [1.54, 1.807) is 17.0 Å². The molecule has 0 saturated carbocycles. The molecule has 2 aliphatic rings. The van der Waals surface area contributed by atoms with Crippen LogP contribution >= 0.6 is 0 Å². The fourth-order valence-electron chi connectivity index (χ4n) is 4.23. The number of likely N-dealkylation sites (N-methyl/N-ethyl adjacent to an activating group) is 1. The second kappa shape index (κ2) is 10.4. The normalized spacial score (nSPS) is 20.5. The first-order chi connectivity index (χ1) is 16.4. The monoisotopic (exact) mass is 495 g/mol. The van der Waals surface area contributed by atoms with Crippen molar-refractivity contribution in [3.8, 4) is 0 Å². The highest BCUT2D eigenvalue weighted by atomic mass is 19.4. The minimum atomic E-state index is -5.08. The van der Waals surface area contributed by atoms with E-state index >= 15 is 0 Å². The van der Waals surface area contributed by atoms with Gasteiger partial charge in [0, 0.05) is 25.3 Å². The lowest BCUT2D eigenvalue weighted by Gasteiger charge is -2.46. The summed E-state index contributed by atoms with van der Waals surface area (Å²) in [6, 6.07) is 15.9. The van der Waals surface area contributed by atoms with Crippen molar-refractivity contribution in [2.24, 2.45) is 0 Å². The molecule has 2 saturated heterocycles. The van der Waals surface area contributed by atoms with Crippen LogP contribution in [0, 0.1) is 5.82 Å². The van der Waals surface area contributed by atoms with Gasteiger partial charge in [0.2, 0.25) is 11.8 Å². The summed E-state index contributed by atoms with van der Waals surface area (Å²) in [6.07, 6.45) is -3.91. The van der Waals surface area contributed by atoms with Crippen LogP contribution < -0.4 is 4.90 Å². The minimum absolute atomic E-state index is 0.0483. The van der Waals surface area contributed by atoms with Gasteiger partial charge >= 0.3 is 12.1 Å². The quantitative estimate of drug-likeness (QED) is 0.663. The van der Waals surface area contributed by atoms with Crippen LogP contribution in [0.4, 0.5) is 23.2 Å². The van der Waals surface area contributed by atoms with Crippen LogP contribution in [0.1, 0.15) is 12.0 Å². The van der Waals surface area contributed by atoms with Crippen molar-refractivity contribution in [2.45, 2.75) is 24.6 Å². The lowest BCUT2D eigenvalue weighted by Crippen LogP contribution is -2.64. The van der Waals surface area contributed by atoms with Gasteiger partial charge in [-0.2, -0.15) is 13.2 Å². The summed E-state index contributed by atoms with van der Waals surface area (Å²) in [5.74, 6) is -3.06. The Hall–Kier alpha value is -3.47. The number of halogens is 4. The zero-order chi connectivity index (χ0) is 25.8. The second-order valence-electron chi connectivity index (χ2n) is 8.57. The second-order valence-corrected chi connectivity index (χ2v) is 8.57. The Morgan fingerprint density at radius 2 is 1.71 bits per heavy atom. The average Bonchev–Trinajstić information content (AvgIpc) is 3.22. The Bertz CT molecular complexity index is 1080. The number of rotatable bonds is 3. The smallest absolute Gasteiger partial charge is 0.475 e. The molecule has 2 fully saturated rings. The molecule has 0 bridgehead atoms. The highest BCUT2D eigenvalue weighted by Crippen LogP contribution is 2.33. The molecular weight excluding hydrogens is 470 g/mol. The van der Waals surface area contributed by atoms with Gasteiger partial charge in [-0.3, -0.25) is 14.5 Å². The maximum atomic E-state index is 13.7. The fourth-order valence-corrected chi connectivity index (χ4v) is 4.23. The predicted octanol–water partition coefficient (Wildman–Crippen LogP) is 2.95. The van der Waals surface area contributed by atoms with Crippen molar-refractivity contribution in [3.63, 3.8) is 0 Å². The number of hydrogen-bond donors (Lipinski definition) is 1. The number of alkyl halides is 3. The molecule has 0 aromatic heterocycles. The van der Waals surface area contributed by atoms with E-state index in [2.05, 4.69) is 4.90 Å². The maximum Gasteiger partial charge on any atom is 0.490 e. The largest absolute Gasteiger partial charge is 0.490 e. The van der Waals surface area contributed by atoms with Crippen molar-refractivity contribution in [1.82, 2.24) is 9.80 Å². The van der Waals surface area contributed by atoms with Crippen LogP contribution in [-0.4, -0.2) is 77.6 Å². The van der Waals surface area contributed by atoms with Crippen LogP contribution in [-0.2, 0) is 20.8 Å². The Morgan fingerprint density at radius 1 is 1.06 bits per heavy atom. The van der Waals surface area contributed by atoms with Gasteiger partial charge in [0.1, 0.15) is 5.82 Å². The SMILES string of the molecule is CN1CC(=O)N(c2cccc(F)c2)CC12CCN(C(=O)Cc1ccccc1)C2.O=C(O)C(F)(F)F. The van der Waals surface area contributed by atoms with E-state index in [1.807, 2.05) is 42.3 Å². The number of nitrogens with zero attached hydrogens (tertiary/aromatic N) is 3.